The van der Waals surface area contributed by atoms with E-state index >= 15 is 0 Å². The zero-order chi connectivity index (χ0) is 20.7. The third kappa shape index (κ3) is 6.51. The highest BCUT2D eigenvalue weighted by atomic mass is 32.2. The minimum atomic E-state index is -3.69. The topological polar surface area (TPSA) is 75.3 Å². The predicted molar refractivity (Wildman–Crippen MR) is 120 cm³/mol. The quantitative estimate of drug-likeness (QED) is 0.598. The van der Waals surface area contributed by atoms with Gasteiger partial charge in [0.25, 0.3) is 15.9 Å². The van der Waals surface area contributed by atoms with Crippen molar-refractivity contribution in [2.24, 2.45) is 0 Å². The smallest absolute Gasteiger partial charge is 0.261 e. The fourth-order valence-corrected chi connectivity index (χ4v) is 5.65. The zero-order valence-corrected chi connectivity index (χ0v) is 18.3. The molecule has 2 aromatic carbocycles. The van der Waals surface area contributed by atoms with Crippen LogP contribution in [0.15, 0.2) is 53.4 Å². The van der Waals surface area contributed by atoms with Crippen LogP contribution in [0.5, 0.6) is 0 Å². The number of carbonyl (C=O) groups is 1. The average Bonchev–Trinajstić information content (AvgIpc) is 2.72. The number of sulfonamides is 1. The minimum absolute atomic E-state index is 0.189. The lowest BCUT2D eigenvalue weighted by Gasteiger charge is -2.20. The molecular weight excluding hydrogens is 404 g/mol. The van der Waals surface area contributed by atoms with Gasteiger partial charge in [-0.15, -0.1) is 0 Å². The molecule has 156 valence electrons. The molecule has 0 unspecified atom stereocenters. The normalized spacial score (nSPS) is 15.1. The van der Waals surface area contributed by atoms with Gasteiger partial charge in [0.2, 0.25) is 0 Å². The first-order chi connectivity index (χ1) is 13.9. The lowest BCUT2D eigenvalue weighted by Crippen LogP contribution is -2.26. The van der Waals surface area contributed by atoms with E-state index in [1.165, 1.54) is 32.1 Å². The number of hydrogen-bond acceptors (Lipinski definition) is 4. The molecule has 0 aromatic heterocycles. The van der Waals surface area contributed by atoms with Gasteiger partial charge in [0.05, 0.1) is 4.90 Å². The molecule has 0 radical (unpaired) electrons. The van der Waals surface area contributed by atoms with Gasteiger partial charge in [0.15, 0.2) is 0 Å². The van der Waals surface area contributed by atoms with Gasteiger partial charge in [-0.25, -0.2) is 8.42 Å². The van der Waals surface area contributed by atoms with Crippen LogP contribution in [-0.4, -0.2) is 31.9 Å². The van der Waals surface area contributed by atoms with Gasteiger partial charge in [-0.3, -0.25) is 9.52 Å². The van der Waals surface area contributed by atoms with E-state index in [0.29, 0.717) is 17.8 Å². The van der Waals surface area contributed by atoms with Gasteiger partial charge in [-0.1, -0.05) is 43.0 Å². The Morgan fingerprint density at radius 1 is 1.07 bits per heavy atom. The van der Waals surface area contributed by atoms with Crippen molar-refractivity contribution in [3.8, 4) is 0 Å². The van der Waals surface area contributed by atoms with Crippen LogP contribution in [0.2, 0.25) is 0 Å². The molecule has 5 nitrogen and oxygen atoms in total. The summed E-state index contributed by atoms with van der Waals surface area (Å²) in [7, 11) is -3.69. The second-order valence-corrected chi connectivity index (χ2v) is 10.5. The Kier molecular flexibility index (Phi) is 7.61. The first kappa shape index (κ1) is 21.7. The van der Waals surface area contributed by atoms with Crippen molar-refractivity contribution in [3.05, 3.63) is 59.7 Å². The van der Waals surface area contributed by atoms with Gasteiger partial charge in [-0.05, 0) is 50.1 Å². The molecule has 29 heavy (non-hydrogen) atoms. The predicted octanol–water partition coefficient (Wildman–Crippen LogP) is 4.59. The Labute approximate surface area is 177 Å². The van der Waals surface area contributed by atoms with Crippen molar-refractivity contribution < 1.29 is 13.2 Å². The molecule has 2 aromatic rings. The van der Waals surface area contributed by atoms with E-state index in [2.05, 4.69) is 10.0 Å². The molecule has 0 atom stereocenters. The molecule has 3 rings (SSSR count). The lowest BCUT2D eigenvalue weighted by molar-refractivity contribution is 0.0956. The third-order valence-corrected chi connectivity index (χ3v) is 7.78. The van der Waals surface area contributed by atoms with E-state index in [1.807, 2.05) is 18.7 Å². The van der Waals surface area contributed by atoms with E-state index in [4.69, 9.17) is 0 Å². The Balaban J connectivity index is 1.54. The van der Waals surface area contributed by atoms with Crippen LogP contribution in [0.25, 0.3) is 0 Å². The number of aryl methyl sites for hydroxylation is 1. The van der Waals surface area contributed by atoms with Crippen molar-refractivity contribution in [1.82, 2.24) is 5.32 Å². The summed E-state index contributed by atoms with van der Waals surface area (Å²) in [6.07, 6.45) is 6.53. The fraction of sp³-hybridized carbons (Fsp3) is 0.409. The summed E-state index contributed by atoms with van der Waals surface area (Å²) >= 11 is 1.94. The van der Waals surface area contributed by atoms with E-state index in [9.17, 15) is 13.2 Å². The molecule has 1 saturated carbocycles. The summed E-state index contributed by atoms with van der Waals surface area (Å²) in [6, 6.07) is 13.2. The van der Waals surface area contributed by atoms with Crippen LogP contribution < -0.4 is 10.0 Å². The SMILES string of the molecule is Cc1ccc(S(=O)(=O)Nc2cccc(C(=O)NCCSC3CCCCC3)c2)cc1. The van der Waals surface area contributed by atoms with E-state index in [0.717, 1.165) is 16.6 Å². The fourth-order valence-electron chi connectivity index (χ4n) is 3.38. The second kappa shape index (κ2) is 10.2. The van der Waals surface area contributed by atoms with Gasteiger partial charge in [0, 0.05) is 28.8 Å². The third-order valence-electron chi connectivity index (χ3n) is 5.00. The zero-order valence-electron chi connectivity index (χ0n) is 16.7. The Bertz CT molecular complexity index is 921. The summed E-state index contributed by atoms with van der Waals surface area (Å²) in [5.41, 5.74) is 1.80. The first-order valence-corrected chi connectivity index (χ1v) is 12.6. The molecule has 7 heteroatoms. The number of hydrogen-bond donors (Lipinski definition) is 2. The number of nitrogens with one attached hydrogen (secondary N) is 2. The Morgan fingerprint density at radius 3 is 2.52 bits per heavy atom. The number of amides is 1. The standard InChI is InChI=1S/C22H28N2O3S2/c1-17-10-12-21(13-11-17)29(26,27)24-19-7-5-6-18(16-19)22(25)23-14-15-28-20-8-3-2-4-9-20/h5-7,10-13,16,20,24H,2-4,8-9,14-15H2,1H3,(H,23,25). The van der Waals surface area contributed by atoms with Crippen LogP contribution >= 0.6 is 11.8 Å². The number of benzene rings is 2. The molecule has 1 fully saturated rings. The highest BCUT2D eigenvalue weighted by Crippen LogP contribution is 2.27. The minimum Gasteiger partial charge on any atom is -0.351 e. The Hall–Kier alpha value is -1.99. The number of anilines is 1. The van der Waals surface area contributed by atoms with Crippen LogP contribution in [0.1, 0.15) is 48.0 Å². The number of rotatable bonds is 8. The van der Waals surface area contributed by atoms with Crippen LogP contribution in [0.3, 0.4) is 0 Å². The van der Waals surface area contributed by atoms with E-state index in [1.54, 1.807) is 48.5 Å². The second-order valence-electron chi connectivity index (χ2n) is 7.39. The maximum atomic E-state index is 12.5. The number of carbonyl (C=O) groups excluding carboxylic acids is 1. The Morgan fingerprint density at radius 2 is 1.79 bits per heavy atom. The molecule has 0 aliphatic heterocycles. The van der Waals surface area contributed by atoms with E-state index < -0.39 is 10.0 Å². The summed E-state index contributed by atoms with van der Waals surface area (Å²) < 4.78 is 27.6. The monoisotopic (exact) mass is 432 g/mol. The van der Waals surface area contributed by atoms with Crippen molar-refractivity contribution in [3.63, 3.8) is 0 Å². The molecule has 1 aliphatic rings. The van der Waals surface area contributed by atoms with Crippen molar-refractivity contribution in [2.45, 2.75) is 49.2 Å². The van der Waals surface area contributed by atoms with Gasteiger partial charge in [0.1, 0.15) is 0 Å². The molecule has 1 aliphatic carbocycles. The highest BCUT2D eigenvalue weighted by molar-refractivity contribution is 7.99. The summed E-state index contributed by atoms with van der Waals surface area (Å²) in [4.78, 5) is 12.6. The maximum absolute atomic E-state index is 12.5. The van der Waals surface area contributed by atoms with Crippen LogP contribution in [-0.2, 0) is 10.0 Å². The van der Waals surface area contributed by atoms with E-state index in [-0.39, 0.29) is 10.8 Å². The lowest BCUT2D eigenvalue weighted by atomic mass is 10.0. The summed E-state index contributed by atoms with van der Waals surface area (Å²) in [5.74, 6) is 0.710. The molecule has 0 saturated heterocycles. The van der Waals surface area contributed by atoms with Gasteiger partial charge >= 0.3 is 0 Å². The molecular formula is C22H28N2O3S2. The van der Waals surface area contributed by atoms with Gasteiger partial charge < -0.3 is 5.32 Å². The van der Waals surface area contributed by atoms with Gasteiger partial charge in [-0.2, -0.15) is 11.8 Å². The largest absolute Gasteiger partial charge is 0.351 e. The van der Waals surface area contributed by atoms with Crippen molar-refractivity contribution in [2.75, 3.05) is 17.0 Å². The van der Waals surface area contributed by atoms with Crippen LogP contribution in [0.4, 0.5) is 5.69 Å². The number of thioether (sulfide) groups is 1. The first-order valence-electron chi connectivity index (χ1n) is 10.0. The maximum Gasteiger partial charge on any atom is 0.261 e. The summed E-state index contributed by atoms with van der Waals surface area (Å²) in [5, 5.41) is 3.65. The molecule has 0 spiro atoms. The molecule has 0 heterocycles. The molecule has 1 amide bonds. The van der Waals surface area contributed by atoms with Crippen molar-refractivity contribution >= 4 is 33.4 Å². The van der Waals surface area contributed by atoms with Crippen molar-refractivity contribution in [1.29, 1.82) is 0 Å². The summed E-state index contributed by atoms with van der Waals surface area (Å²) in [6.45, 7) is 2.51. The molecule has 2 N–H and O–H groups in total. The average molecular weight is 433 g/mol. The highest BCUT2D eigenvalue weighted by Gasteiger charge is 2.16. The molecule has 0 bridgehead atoms. The van der Waals surface area contributed by atoms with Crippen LogP contribution in [0, 0.1) is 6.92 Å².